The molecule has 0 aromatic heterocycles. The first-order chi connectivity index (χ1) is 14.7. The summed E-state index contributed by atoms with van der Waals surface area (Å²) in [6.07, 6.45) is -1.33. The molecule has 0 aliphatic heterocycles. The largest absolute Gasteiger partial charge is 0.479 e. The monoisotopic (exact) mass is 428 g/mol. The van der Waals surface area contributed by atoms with Gasteiger partial charge in [-0.15, -0.1) is 0 Å². The molecule has 2 atom stereocenters. The van der Waals surface area contributed by atoms with Crippen LogP contribution in [0.15, 0.2) is 48.5 Å². The van der Waals surface area contributed by atoms with Gasteiger partial charge in [0.15, 0.2) is 12.2 Å². The van der Waals surface area contributed by atoms with Gasteiger partial charge in [-0.3, -0.25) is 0 Å². The van der Waals surface area contributed by atoms with Gasteiger partial charge in [-0.05, 0) is 63.1 Å². The molecule has 0 amide bonds. The maximum Gasteiger partial charge on any atom is 0.347 e. The Morgan fingerprint density at radius 3 is 1.32 bits per heavy atom. The van der Waals surface area contributed by atoms with Crippen LogP contribution >= 0.6 is 0 Å². The van der Waals surface area contributed by atoms with Crippen molar-refractivity contribution in [2.45, 2.75) is 59.2 Å². The first kappa shape index (κ1) is 24.3. The summed E-state index contributed by atoms with van der Waals surface area (Å²) in [6, 6.07) is 15.4. The minimum absolute atomic E-state index is 0.267. The third-order valence-electron chi connectivity index (χ3n) is 5.01. The van der Waals surface area contributed by atoms with Crippen LogP contribution in [0.4, 0.5) is 0 Å². The van der Waals surface area contributed by atoms with Crippen molar-refractivity contribution in [3.63, 3.8) is 0 Å². The van der Waals surface area contributed by atoms with Crippen molar-refractivity contribution < 1.29 is 28.5 Å². The van der Waals surface area contributed by atoms with E-state index in [2.05, 4.69) is 13.8 Å². The lowest BCUT2D eigenvalue weighted by molar-refractivity contribution is -0.151. The quantitative estimate of drug-likeness (QED) is 0.512. The minimum Gasteiger partial charge on any atom is -0.479 e. The van der Waals surface area contributed by atoms with Gasteiger partial charge >= 0.3 is 11.9 Å². The van der Waals surface area contributed by atoms with Crippen LogP contribution in [0, 0.1) is 0 Å². The van der Waals surface area contributed by atoms with E-state index in [1.807, 2.05) is 48.5 Å². The number of carbonyl (C=O) groups is 2. The highest BCUT2D eigenvalue weighted by molar-refractivity contribution is 5.75. The second kappa shape index (κ2) is 10.8. The number of hydrogen-bond acceptors (Lipinski definition) is 6. The third kappa shape index (κ3) is 6.48. The number of hydrogen-bond donors (Lipinski definition) is 0. The van der Waals surface area contributed by atoms with Crippen molar-refractivity contribution in [1.29, 1.82) is 0 Å². The Labute approximate surface area is 184 Å². The molecule has 2 unspecified atom stereocenters. The van der Waals surface area contributed by atoms with Gasteiger partial charge in [0.2, 0.25) is 0 Å². The Hall–Kier alpha value is -3.02. The Bertz CT molecular complexity index is 783. The van der Waals surface area contributed by atoms with Gasteiger partial charge in [0.1, 0.15) is 11.5 Å². The Kier molecular flexibility index (Phi) is 8.48. The maximum absolute atomic E-state index is 11.7. The van der Waals surface area contributed by atoms with E-state index in [0.717, 1.165) is 11.1 Å². The lowest BCUT2D eigenvalue weighted by Crippen LogP contribution is -2.26. The molecular weight excluding hydrogens is 396 g/mol. The molecule has 2 aromatic rings. The minimum atomic E-state index is -0.664. The van der Waals surface area contributed by atoms with E-state index in [0.29, 0.717) is 24.7 Å². The van der Waals surface area contributed by atoms with Crippen molar-refractivity contribution in [3.8, 4) is 11.5 Å². The second-order valence-electron chi connectivity index (χ2n) is 7.70. The van der Waals surface area contributed by atoms with Crippen molar-refractivity contribution in [2.24, 2.45) is 0 Å². The van der Waals surface area contributed by atoms with Crippen LogP contribution in [-0.2, 0) is 24.5 Å². The summed E-state index contributed by atoms with van der Waals surface area (Å²) >= 11 is 0. The van der Waals surface area contributed by atoms with Gasteiger partial charge in [-0.25, -0.2) is 9.59 Å². The van der Waals surface area contributed by atoms with Crippen LogP contribution < -0.4 is 9.47 Å². The van der Waals surface area contributed by atoms with Gasteiger partial charge < -0.3 is 18.9 Å². The molecule has 6 nitrogen and oxygen atoms in total. The van der Waals surface area contributed by atoms with E-state index < -0.39 is 12.2 Å². The van der Waals surface area contributed by atoms with E-state index in [1.54, 1.807) is 27.7 Å². The number of ether oxygens (including phenoxy) is 4. The standard InChI is InChI=1S/C25H32O6/c1-7-28-23(26)17(3)30-21-13-9-19(10-14-21)25(5,6)20-11-15-22(16-12-20)31-18(4)24(27)29-8-2/h9-18H,7-8H2,1-6H3. The molecule has 0 bridgehead atoms. The highest BCUT2D eigenvalue weighted by atomic mass is 16.6. The molecule has 2 aromatic carbocycles. The van der Waals surface area contributed by atoms with Crippen LogP contribution in [-0.4, -0.2) is 37.4 Å². The van der Waals surface area contributed by atoms with Crippen LogP contribution in [0.1, 0.15) is 52.7 Å². The van der Waals surface area contributed by atoms with Crippen LogP contribution in [0.3, 0.4) is 0 Å². The van der Waals surface area contributed by atoms with Crippen LogP contribution in [0.25, 0.3) is 0 Å². The normalized spacial score (nSPS) is 13.1. The van der Waals surface area contributed by atoms with Crippen LogP contribution in [0.2, 0.25) is 0 Å². The number of esters is 2. The predicted octanol–water partition coefficient (Wildman–Crippen LogP) is 4.67. The molecule has 0 spiro atoms. The predicted molar refractivity (Wildman–Crippen MR) is 118 cm³/mol. The second-order valence-corrected chi connectivity index (χ2v) is 7.70. The summed E-state index contributed by atoms with van der Waals surface area (Å²) in [6.45, 7) is 11.8. The summed E-state index contributed by atoms with van der Waals surface area (Å²) in [5.74, 6) is 0.451. The number of carbonyl (C=O) groups excluding carboxylic acids is 2. The third-order valence-corrected chi connectivity index (χ3v) is 5.01. The summed E-state index contributed by atoms with van der Waals surface area (Å²) in [5.41, 5.74) is 1.92. The molecule has 2 rings (SSSR count). The number of benzene rings is 2. The van der Waals surface area contributed by atoms with Crippen molar-refractivity contribution in [2.75, 3.05) is 13.2 Å². The molecule has 168 valence electrons. The summed E-state index contributed by atoms with van der Waals surface area (Å²) in [5, 5.41) is 0. The SMILES string of the molecule is CCOC(=O)C(C)Oc1ccc(C(C)(C)c2ccc(OC(C)C(=O)OCC)cc2)cc1. The topological polar surface area (TPSA) is 71.1 Å². The zero-order valence-electron chi connectivity index (χ0n) is 19.1. The fourth-order valence-corrected chi connectivity index (χ4v) is 3.09. The van der Waals surface area contributed by atoms with Crippen molar-refractivity contribution >= 4 is 11.9 Å². The molecule has 31 heavy (non-hydrogen) atoms. The zero-order chi connectivity index (χ0) is 23.0. The van der Waals surface area contributed by atoms with Gasteiger partial charge in [0.05, 0.1) is 13.2 Å². The Balaban J connectivity index is 2.07. The highest BCUT2D eigenvalue weighted by Crippen LogP contribution is 2.33. The summed E-state index contributed by atoms with van der Waals surface area (Å²) in [7, 11) is 0. The maximum atomic E-state index is 11.7. The molecule has 6 heteroatoms. The highest BCUT2D eigenvalue weighted by Gasteiger charge is 2.24. The van der Waals surface area contributed by atoms with E-state index in [4.69, 9.17) is 18.9 Å². The van der Waals surface area contributed by atoms with E-state index in [1.165, 1.54) is 0 Å². The fourth-order valence-electron chi connectivity index (χ4n) is 3.09. The van der Waals surface area contributed by atoms with E-state index in [-0.39, 0.29) is 17.4 Å². The Morgan fingerprint density at radius 2 is 1.03 bits per heavy atom. The van der Waals surface area contributed by atoms with E-state index in [9.17, 15) is 9.59 Å². The first-order valence-electron chi connectivity index (χ1n) is 10.6. The van der Waals surface area contributed by atoms with Crippen LogP contribution in [0.5, 0.6) is 11.5 Å². The lowest BCUT2D eigenvalue weighted by atomic mass is 9.78. The molecule has 0 aliphatic carbocycles. The molecule has 0 saturated carbocycles. The van der Waals surface area contributed by atoms with Gasteiger partial charge in [-0.2, -0.15) is 0 Å². The first-order valence-corrected chi connectivity index (χ1v) is 10.6. The van der Waals surface area contributed by atoms with Gasteiger partial charge in [-0.1, -0.05) is 38.1 Å². The molecule has 0 aliphatic rings. The zero-order valence-corrected chi connectivity index (χ0v) is 19.1. The smallest absolute Gasteiger partial charge is 0.347 e. The lowest BCUT2D eigenvalue weighted by Gasteiger charge is -2.27. The Morgan fingerprint density at radius 1 is 0.710 bits per heavy atom. The molecule has 0 radical (unpaired) electrons. The average molecular weight is 429 g/mol. The molecule has 0 heterocycles. The summed E-state index contributed by atoms with van der Waals surface area (Å²) < 4.78 is 21.3. The van der Waals surface area contributed by atoms with E-state index >= 15 is 0 Å². The number of rotatable bonds is 10. The van der Waals surface area contributed by atoms with Crippen molar-refractivity contribution in [3.05, 3.63) is 59.7 Å². The summed E-state index contributed by atoms with van der Waals surface area (Å²) in [4.78, 5) is 23.5. The van der Waals surface area contributed by atoms with Gasteiger partial charge in [0, 0.05) is 5.41 Å². The molecular formula is C25H32O6. The van der Waals surface area contributed by atoms with Gasteiger partial charge in [0.25, 0.3) is 0 Å². The average Bonchev–Trinajstić information content (AvgIpc) is 2.74. The fraction of sp³-hybridized carbons (Fsp3) is 0.440. The molecule has 0 fully saturated rings. The molecule has 0 saturated heterocycles. The molecule has 0 N–H and O–H groups in total. The van der Waals surface area contributed by atoms with Crippen molar-refractivity contribution in [1.82, 2.24) is 0 Å².